The molecule has 154 valence electrons. The van der Waals surface area contributed by atoms with E-state index in [4.69, 9.17) is 14.2 Å². The summed E-state index contributed by atoms with van der Waals surface area (Å²) in [7, 11) is 3.19. The minimum atomic E-state index is -0.461. The third kappa shape index (κ3) is 4.36. The monoisotopic (exact) mass is 397 g/mol. The van der Waals surface area contributed by atoms with Gasteiger partial charge < -0.3 is 19.1 Å². The maximum Gasteiger partial charge on any atom is 0.339 e. The first-order valence-electron chi connectivity index (χ1n) is 9.60. The molecular weight excluding hydrogens is 370 g/mol. The summed E-state index contributed by atoms with van der Waals surface area (Å²) >= 11 is 0. The molecule has 0 radical (unpaired) electrons. The normalized spacial score (nSPS) is 12.9. The van der Waals surface area contributed by atoms with Crippen LogP contribution < -0.4 is 9.47 Å². The number of carbonyl (C=O) groups excluding carboxylic acids is 2. The van der Waals surface area contributed by atoms with Gasteiger partial charge in [0, 0.05) is 13.1 Å². The van der Waals surface area contributed by atoms with Crippen LogP contribution >= 0.6 is 0 Å². The summed E-state index contributed by atoms with van der Waals surface area (Å²) < 4.78 is 16.0. The highest BCUT2D eigenvalue weighted by Gasteiger charge is 2.24. The second kappa shape index (κ2) is 8.55. The van der Waals surface area contributed by atoms with Crippen LogP contribution in [0.25, 0.3) is 0 Å². The van der Waals surface area contributed by atoms with Crippen molar-refractivity contribution >= 4 is 11.9 Å². The van der Waals surface area contributed by atoms with E-state index < -0.39 is 5.97 Å². The van der Waals surface area contributed by atoms with Crippen molar-refractivity contribution in [3.8, 4) is 11.5 Å². The van der Waals surface area contributed by atoms with Crippen molar-refractivity contribution in [2.24, 2.45) is 0 Å². The number of rotatable bonds is 5. The lowest BCUT2D eigenvalue weighted by Crippen LogP contribution is -2.38. The highest BCUT2D eigenvalue weighted by Crippen LogP contribution is 2.33. The number of aryl methyl sites for hydroxylation is 3. The summed E-state index contributed by atoms with van der Waals surface area (Å²) in [6.45, 7) is 6.49. The van der Waals surface area contributed by atoms with Gasteiger partial charge in [-0.05, 0) is 61.6 Å². The Balaban J connectivity index is 1.66. The molecule has 0 atom stereocenters. The number of esters is 1. The number of benzene rings is 2. The first-order chi connectivity index (χ1) is 13.8. The average molecular weight is 397 g/mol. The topological polar surface area (TPSA) is 65.1 Å². The zero-order valence-electron chi connectivity index (χ0n) is 17.6. The molecule has 0 aromatic heterocycles. The first-order valence-corrected chi connectivity index (χ1v) is 9.60. The fraction of sp³-hybridized carbons (Fsp3) is 0.391. The summed E-state index contributed by atoms with van der Waals surface area (Å²) in [6, 6.07) is 7.74. The minimum absolute atomic E-state index is 0.207. The molecule has 0 aliphatic carbocycles. The molecule has 0 N–H and O–H groups in total. The van der Waals surface area contributed by atoms with Crippen LogP contribution in [0.2, 0.25) is 0 Å². The molecule has 1 amide bonds. The molecule has 1 heterocycles. The molecule has 1 aliphatic heterocycles. The van der Waals surface area contributed by atoms with Crippen LogP contribution in [0.3, 0.4) is 0 Å². The summed E-state index contributed by atoms with van der Waals surface area (Å²) in [6.07, 6.45) is 0.714. The maximum atomic E-state index is 12.6. The van der Waals surface area contributed by atoms with Crippen molar-refractivity contribution in [1.82, 2.24) is 4.90 Å². The molecule has 0 saturated carbocycles. The van der Waals surface area contributed by atoms with Crippen LogP contribution in [0, 0.1) is 20.8 Å². The van der Waals surface area contributed by atoms with Gasteiger partial charge in [0.25, 0.3) is 5.91 Å². The van der Waals surface area contributed by atoms with Crippen LogP contribution in [-0.4, -0.2) is 44.1 Å². The Hall–Kier alpha value is -3.02. The number of ether oxygens (including phenoxy) is 3. The maximum absolute atomic E-state index is 12.6. The second-order valence-corrected chi connectivity index (χ2v) is 7.39. The fourth-order valence-corrected chi connectivity index (χ4v) is 3.89. The van der Waals surface area contributed by atoms with Crippen molar-refractivity contribution in [1.29, 1.82) is 0 Å². The van der Waals surface area contributed by atoms with Crippen LogP contribution in [0.1, 0.15) is 38.2 Å². The summed E-state index contributed by atoms with van der Waals surface area (Å²) in [5.74, 6) is 0.652. The van der Waals surface area contributed by atoms with E-state index in [9.17, 15) is 9.59 Å². The van der Waals surface area contributed by atoms with E-state index in [0.29, 0.717) is 36.6 Å². The van der Waals surface area contributed by atoms with Gasteiger partial charge in [-0.2, -0.15) is 0 Å². The van der Waals surface area contributed by atoms with Gasteiger partial charge in [0.15, 0.2) is 18.1 Å². The largest absolute Gasteiger partial charge is 0.493 e. The molecule has 0 bridgehead atoms. The predicted octanol–water partition coefficient (Wildman–Crippen LogP) is 3.37. The van der Waals surface area contributed by atoms with Gasteiger partial charge in [0.05, 0.1) is 19.8 Å². The van der Waals surface area contributed by atoms with E-state index in [1.807, 2.05) is 45.0 Å². The van der Waals surface area contributed by atoms with Crippen LogP contribution in [0.4, 0.5) is 0 Å². The number of amides is 1. The lowest BCUT2D eigenvalue weighted by atomic mass is 9.98. The van der Waals surface area contributed by atoms with E-state index in [0.717, 1.165) is 27.8 Å². The Bertz CT molecular complexity index is 928. The average Bonchev–Trinajstić information content (AvgIpc) is 2.69. The summed E-state index contributed by atoms with van der Waals surface area (Å²) in [5, 5.41) is 0. The zero-order chi connectivity index (χ0) is 21.1. The Kier molecular flexibility index (Phi) is 6.11. The summed E-state index contributed by atoms with van der Waals surface area (Å²) in [4.78, 5) is 26.9. The number of hydrogen-bond acceptors (Lipinski definition) is 5. The molecule has 0 saturated heterocycles. The van der Waals surface area contributed by atoms with Crippen molar-refractivity contribution in [2.45, 2.75) is 33.7 Å². The number of carbonyl (C=O) groups is 2. The highest BCUT2D eigenvalue weighted by atomic mass is 16.5. The minimum Gasteiger partial charge on any atom is -0.493 e. The Morgan fingerprint density at radius 2 is 1.52 bits per heavy atom. The summed E-state index contributed by atoms with van der Waals surface area (Å²) in [5.41, 5.74) is 5.48. The van der Waals surface area contributed by atoms with Crippen LogP contribution in [0.15, 0.2) is 24.3 Å². The standard InChI is InChI=1S/C23H27NO5/c1-14-8-15(2)22(16(3)9-14)23(26)29-13-21(25)24-7-6-17-10-19(27-4)20(28-5)11-18(17)12-24/h8-11H,6-7,12-13H2,1-5H3. The van der Waals surface area contributed by atoms with E-state index in [1.54, 1.807) is 19.1 Å². The number of nitrogens with zero attached hydrogens (tertiary/aromatic N) is 1. The molecule has 29 heavy (non-hydrogen) atoms. The molecule has 0 spiro atoms. The number of fused-ring (bicyclic) bond motifs is 1. The van der Waals surface area contributed by atoms with Gasteiger partial charge in [0.2, 0.25) is 0 Å². The lowest BCUT2D eigenvalue weighted by Gasteiger charge is -2.29. The molecule has 2 aromatic carbocycles. The first kappa shape index (κ1) is 20.7. The molecule has 3 rings (SSSR count). The van der Waals surface area contributed by atoms with Crippen LogP contribution in [0.5, 0.6) is 11.5 Å². The predicted molar refractivity (Wildman–Crippen MR) is 110 cm³/mol. The van der Waals surface area contributed by atoms with Crippen molar-refractivity contribution in [2.75, 3.05) is 27.4 Å². The van der Waals surface area contributed by atoms with Gasteiger partial charge in [-0.25, -0.2) is 4.79 Å². The van der Waals surface area contributed by atoms with Gasteiger partial charge in [0.1, 0.15) is 0 Å². The van der Waals surface area contributed by atoms with Gasteiger partial charge >= 0.3 is 5.97 Å². The Morgan fingerprint density at radius 1 is 0.931 bits per heavy atom. The van der Waals surface area contributed by atoms with E-state index in [1.165, 1.54) is 0 Å². The number of hydrogen-bond donors (Lipinski definition) is 0. The highest BCUT2D eigenvalue weighted by molar-refractivity contribution is 5.94. The Morgan fingerprint density at radius 3 is 2.10 bits per heavy atom. The van der Waals surface area contributed by atoms with Crippen molar-refractivity contribution < 1.29 is 23.8 Å². The van der Waals surface area contributed by atoms with E-state index in [-0.39, 0.29) is 12.5 Å². The molecule has 0 fully saturated rings. The third-order valence-corrected chi connectivity index (χ3v) is 5.28. The number of methoxy groups -OCH3 is 2. The Labute approximate surface area is 171 Å². The molecule has 2 aromatic rings. The van der Waals surface area contributed by atoms with Gasteiger partial charge in [-0.1, -0.05) is 17.7 Å². The second-order valence-electron chi connectivity index (χ2n) is 7.39. The molecule has 0 unspecified atom stereocenters. The third-order valence-electron chi connectivity index (χ3n) is 5.28. The van der Waals surface area contributed by atoms with Crippen LogP contribution in [-0.2, 0) is 22.5 Å². The van der Waals surface area contributed by atoms with E-state index >= 15 is 0 Å². The van der Waals surface area contributed by atoms with Gasteiger partial charge in [-0.15, -0.1) is 0 Å². The smallest absolute Gasteiger partial charge is 0.339 e. The van der Waals surface area contributed by atoms with Crippen molar-refractivity contribution in [3.63, 3.8) is 0 Å². The van der Waals surface area contributed by atoms with Gasteiger partial charge in [-0.3, -0.25) is 4.79 Å². The lowest BCUT2D eigenvalue weighted by molar-refractivity contribution is -0.135. The van der Waals surface area contributed by atoms with Crippen molar-refractivity contribution in [3.05, 3.63) is 57.6 Å². The molecule has 6 nitrogen and oxygen atoms in total. The SMILES string of the molecule is COc1cc2c(cc1OC)CN(C(=O)COC(=O)c1c(C)cc(C)cc1C)CC2. The quantitative estimate of drug-likeness (QED) is 0.724. The fourth-order valence-electron chi connectivity index (χ4n) is 3.89. The molecule has 6 heteroatoms. The molecule has 1 aliphatic rings. The zero-order valence-corrected chi connectivity index (χ0v) is 17.6. The molecular formula is C23H27NO5. The van der Waals surface area contributed by atoms with E-state index in [2.05, 4.69) is 0 Å².